The standard InChI is InChI=1S/C15H18N4O/c16-11-4-5-13-10(8-11)2-1-3-14(13)18-15(20)9-12-6-7-17-19-12/h4-8,14H,1-3,9,16H2,(H,17,19)(H,18,20). The molecule has 0 saturated heterocycles. The van der Waals surface area contributed by atoms with Crippen molar-refractivity contribution in [1.29, 1.82) is 0 Å². The topological polar surface area (TPSA) is 83.8 Å². The Morgan fingerprint density at radius 3 is 3.15 bits per heavy atom. The van der Waals surface area contributed by atoms with E-state index in [1.165, 1.54) is 11.1 Å². The fourth-order valence-corrected chi connectivity index (χ4v) is 2.79. The highest BCUT2D eigenvalue weighted by Crippen LogP contribution is 2.30. The van der Waals surface area contributed by atoms with Gasteiger partial charge in [0.25, 0.3) is 0 Å². The summed E-state index contributed by atoms with van der Waals surface area (Å²) < 4.78 is 0. The molecule has 4 N–H and O–H groups in total. The lowest BCUT2D eigenvalue weighted by Gasteiger charge is -2.26. The molecular weight excluding hydrogens is 252 g/mol. The highest BCUT2D eigenvalue weighted by atomic mass is 16.1. The summed E-state index contributed by atoms with van der Waals surface area (Å²) in [6.45, 7) is 0. The fourth-order valence-electron chi connectivity index (χ4n) is 2.79. The van der Waals surface area contributed by atoms with Gasteiger partial charge in [-0.05, 0) is 48.6 Å². The Hall–Kier alpha value is -2.30. The van der Waals surface area contributed by atoms with Crippen LogP contribution in [0, 0.1) is 0 Å². The van der Waals surface area contributed by atoms with Crippen molar-refractivity contribution in [3.63, 3.8) is 0 Å². The van der Waals surface area contributed by atoms with Crippen LogP contribution in [0.5, 0.6) is 0 Å². The maximum absolute atomic E-state index is 12.1. The van der Waals surface area contributed by atoms with Crippen molar-refractivity contribution in [3.05, 3.63) is 47.3 Å². The van der Waals surface area contributed by atoms with E-state index in [0.29, 0.717) is 6.42 Å². The number of nitrogens with zero attached hydrogens (tertiary/aromatic N) is 1. The number of hydrogen-bond donors (Lipinski definition) is 3. The van der Waals surface area contributed by atoms with Crippen molar-refractivity contribution < 1.29 is 4.79 Å². The Kier molecular flexibility index (Phi) is 3.41. The number of carbonyl (C=O) groups excluding carboxylic acids is 1. The molecule has 3 rings (SSSR count). The molecule has 2 aromatic rings. The number of hydrogen-bond acceptors (Lipinski definition) is 3. The lowest BCUT2D eigenvalue weighted by molar-refractivity contribution is -0.121. The molecule has 5 nitrogen and oxygen atoms in total. The summed E-state index contributed by atoms with van der Waals surface area (Å²) >= 11 is 0. The predicted molar refractivity (Wildman–Crippen MR) is 77.0 cm³/mol. The maximum Gasteiger partial charge on any atom is 0.226 e. The van der Waals surface area contributed by atoms with E-state index in [-0.39, 0.29) is 11.9 Å². The van der Waals surface area contributed by atoms with Crippen LogP contribution in [-0.4, -0.2) is 16.1 Å². The van der Waals surface area contributed by atoms with Crippen LogP contribution in [0.15, 0.2) is 30.5 Å². The lowest BCUT2D eigenvalue weighted by atomic mass is 9.87. The SMILES string of the molecule is Nc1ccc2c(c1)CCCC2NC(=O)Cc1ccn[nH]1. The van der Waals surface area contributed by atoms with Gasteiger partial charge in [-0.1, -0.05) is 6.07 Å². The van der Waals surface area contributed by atoms with Crippen LogP contribution in [0.3, 0.4) is 0 Å². The summed E-state index contributed by atoms with van der Waals surface area (Å²) in [5.74, 6) is 0.0175. The van der Waals surface area contributed by atoms with E-state index in [2.05, 4.69) is 15.5 Å². The zero-order valence-electron chi connectivity index (χ0n) is 11.2. The summed E-state index contributed by atoms with van der Waals surface area (Å²) in [4.78, 5) is 12.1. The molecule has 5 heteroatoms. The van der Waals surface area contributed by atoms with Crippen LogP contribution in [0.25, 0.3) is 0 Å². The van der Waals surface area contributed by atoms with Crippen LogP contribution in [0.1, 0.15) is 35.7 Å². The second-order valence-corrected chi connectivity index (χ2v) is 5.23. The number of carbonyl (C=O) groups is 1. The molecule has 1 heterocycles. The smallest absolute Gasteiger partial charge is 0.226 e. The zero-order chi connectivity index (χ0) is 13.9. The molecule has 0 fully saturated rings. The Labute approximate surface area is 117 Å². The van der Waals surface area contributed by atoms with E-state index in [4.69, 9.17) is 5.73 Å². The lowest BCUT2D eigenvalue weighted by Crippen LogP contribution is -2.32. The molecule has 1 aromatic carbocycles. The van der Waals surface area contributed by atoms with Crippen LogP contribution in [0.2, 0.25) is 0 Å². The largest absolute Gasteiger partial charge is 0.399 e. The molecule has 1 aromatic heterocycles. The molecule has 0 saturated carbocycles. The first-order valence-electron chi connectivity index (χ1n) is 6.88. The third kappa shape index (κ3) is 2.66. The first kappa shape index (κ1) is 12.7. The minimum atomic E-state index is 0.0175. The number of H-pyrrole nitrogens is 1. The number of aromatic amines is 1. The Morgan fingerprint density at radius 1 is 1.45 bits per heavy atom. The van der Waals surface area contributed by atoms with Crippen LogP contribution >= 0.6 is 0 Å². The van der Waals surface area contributed by atoms with Gasteiger partial charge in [0.2, 0.25) is 5.91 Å². The predicted octanol–water partition coefficient (Wildman–Crippen LogP) is 1.73. The number of nitrogens with one attached hydrogen (secondary N) is 2. The minimum Gasteiger partial charge on any atom is -0.399 e. The number of aryl methyl sites for hydroxylation is 1. The summed E-state index contributed by atoms with van der Waals surface area (Å²) in [5, 5.41) is 9.76. The van der Waals surface area contributed by atoms with Gasteiger partial charge in [0.05, 0.1) is 12.5 Å². The number of rotatable bonds is 3. The van der Waals surface area contributed by atoms with Gasteiger partial charge in [0.1, 0.15) is 0 Å². The molecule has 20 heavy (non-hydrogen) atoms. The highest BCUT2D eigenvalue weighted by Gasteiger charge is 2.21. The Balaban J connectivity index is 1.71. The van der Waals surface area contributed by atoms with Crippen molar-refractivity contribution in [2.24, 2.45) is 0 Å². The summed E-state index contributed by atoms with van der Waals surface area (Å²) in [7, 11) is 0. The number of benzene rings is 1. The summed E-state index contributed by atoms with van der Waals surface area (Å²) in [6.07, 6.45) is 5.08. The summed E-state index contributed by atoms with van der Waals surface area (Å²) in [5.41, 5.74) is 9.89. The Bertz CT molecular complexity index is 606. The van der Waals surface area contributed by atoms with E-state index in [1.54, 1.807) is 6.20 Å². The average Bonchev–Trinajstić information content (AvgIpc) is 2.91. The average molecular weight is 270 g/mol. The van der Waals surface area contributed by atoms with Gasteiger partial charge in [-0.25, -0.2) is 0 Å². The number of fused-ring (bicyclic) bond motifs is 1. The number of aromatic nitrogens is 2. The number of anilines is 1. The van der Waals surface area contributed by atoms with Crippen LogP contribution in [0.4, 0.5) is 5.69 Å². The molecule has 1 amide bonds. The summed E-state index contributed by atoms with van der Waals surface area (Å²) in [6, 6.07) is 7.86. The van der Waals surface area contributed by atoms with E-state index in [0.717, 1.165) is 30.6 Å². The van der Waals surface area contributed by atoms with Crippen LogP contribution in [-0.2, 0) is 17.6 Å². The quantitative estimate of drug-likeness (QED) is 0.743. The van der Waals surface area contributed by atoms with Crippen molar-refractivity contribution in [2.45, 2.75) is 31.7 Å². The monoisotopic (exact) mass is 270 g/mol. The molecule has 1 unspecified atom stereocenters. The molecule has 0 bridgehead atoms. The van der Waals surface area contributed by atoms with E-state index >= 15 is 0 Å². The molecule has 1 aliphatic rings. The first-order valence-corrected chi connectivity index (χ1v) is 6.88. The van der Waals surface area contributed by atoms with Gasteiger partial charge in [0.15, 0.2) is 0 Å². The van der Waals surface area contributed by atoms with Gasteiger partial charge >= 0.3 is 0 Å². The van der Waals surface area contributed by atoms with Crippen LogP contribution < -0.4 is 11.1 Å². The molecular formula is C15H18N4O. The number of nitrogens with two attached hydrogens (primary N) is 1. The molecule has 0 aliphatic heterocycles. The minimum absolute atomic E-state index is 0.0175. The van der Waals surface area contributed by atoms with Gasteiger partial charge in [-0.15, -0.1) is 0 Å². The number of nitrogen functional groups attached to an aromatic ring is 1. The molecule has 0 radical (unpaired) electrons. The van der Waals surface area contributed by atoms with Crippen molar-refractivity contribution in [2.75, 3.05) is 5.73 Å². The third-order valence-corrected chi connectivity index (χ3v) is 3.73. The van der Waals surface area contributed by atoms with Gasteiger partial charge < -0.3 is 11.1 Å². The molecule has 1 atom stereocenters. The van der Waals surface area contributed by atoms with E-state index in [1.807, 2.05) is 24.3 Å². The second kappa shape index (κ2) is 5.36. The van der Waals surface area contributed by atoms with Crippen molar-refractivity contribution in [1.82, 2.24) is 15.5 Å². The molecule has 1 aliphatic carbocycles. The van der Waals surface area contributed by atoms with Crippen molar-refractivity contribution in [3.8, 4) is 0 Å². The Morgan fingerprint density at radius 2 is 2.35 bits per heavy atom. The van der Waals surface area contributed by atoms with Gasteiger partial charge in [-0.3, -0.25) is 9.89 Å². The van der Waals surface area contributed by atoms with Gasteiger partial charge in [-0.2, -0.15) is 5.10 Å². The molecule has 104 valence electrons. The fraction of sp³-hybridized carbons (Fsp3) is 0.333. The van der Waals surface area contributed by atoms with Gasteiger partial charge in [0, 0.05) is 17.6 Å². The maximum atomic E-state index is 12.1. The van der Waals surface area contributed by atoms with E-state index < -0.39 is 0 Å². The normalized spacial score (nSPS) is 17.5. The number of amides is 1. The highest BCUT2D eigenvalue weighted by molar-refractivity contribution is 5.78. The third-order valence-electron chi connectivity index (χ3n) is 3.73. The van der Waals surface area contributed by atoms with Crippen molar-refractivity contribution >= 4 is 11.6 Å². The zero-order valence-corrected chi connectivity index (χ0v) is 11.2. The second-order valence-electron chi connectivity index (χ2n) is 5.23. The first-order chi connectivity index (χ1) is 9.72. The van der Waals surface area contributed by atoms with E-state index in [9.17, 15) is 4.79 Å². The molecule has 0 spiro atoms.